The van der Waals surface area contributed by atoms with E-state index >= 15 is 0 Å². The van der Waals surface area contributed by atoms with Crippen molar-refractivity contribution in [2.75, 3.05) is 0 Å². The third-order valence-electron chi connectivity index (χ3n) is 5.97. The molecule has 0 spiro atoms. The molecule has 0 atom stereocenters. The Balaban J connectivity index is 0.000000821. The third-order valence-corrected chi connectivity index (χ3v) is 5.97. The van der Waals surface area contributed by atoms with E-state index < -0.39 is 0 Å². The number of rotatable bonds is 2. The fraction of sp³-hybridized carbons (Fsp3) is 0.143. The van der Waals surface area contributed by atoms with Gasteiger partial charge in [0.15, 0.2) is 0 Å². The zero-order valence-corrected chi connectivity index (χ0v) is 23.6. The van der Waals surface area contributed by atoms with Gasteiger partial charge in [-0.1, -0.05) is 72.8 Å². The van der Waals surface area contributed by atoms with Gasteiger partial charge in [0.2, 0.25) is 0 Å². The summed E-state index contributed by atoms with van der Waals surface area (Å²) < 4.78 is 0. The Bertz CT molecular complexity index is 1260. The first-order chi connectivity index (χ1) is 16.0. The molecule has 0 fully saturated rings. The summed E-state index contributed by atoms with van der Waals surface area (Å²) in [6.07, 6.45) is 0. The molecule has 1 aliphatic carbocycles. The summed E-state index contributed by atoms with van der Waals surface area (Å²) in [5, 5.41) is 2.47. The van der Waals surface area contributed by atoms with Crippen molar-refractivity contribution in [3.63, 3.8) is 0 Å². The predicted molar refractivity (Wildman–Crippen MR) is 146 cm³/mol. The average Bonchev–Trinajstić information content (AvgIpc) is 3.09. The number of aliphatic imine (C=N–C) groups is 2. The summed E-state index contributed by atoms with van der Waals surface area (Å²) in [7, 11) is 0. The molecule has 0 aliphatic heterocycles. The maximum absolute atomic E-state index is 5.22. The molecule has 4 aromatic carbocycles. The first-order valence-corrected chi connectivity index (χ1v) is 17.7. The third kappa shape index (κ3) is 4.84. The van der Waals surface area contributed by atoms with E-state index in [-0.39, 0.29) is 0 Å². The molecule has 33 heavy (non-hydrogen) atoms. The van der Waals surface area contributed by atoms with Gasteiger partial charge in [-0.3, -0.25) is 0 Å². The van der Waals surface area contributed by atoms with Gasteiger partial charge in [-0.05, 0) is 55.3 Å². The van der Waals surface area contributed by atoms with Gasteiger partial charge >= 0.3 is 40.8 Å². The summed E-state index contributed by atoms with van der Waals surface area (Å²) >= 11 is 6.80. The van der Waals surface area contributed by atoms with Crippen molar-refractivity contribution in [2.45, 2.75) is 27.7 Å². The van der Waals surface area contributed by atoms with E-state index in [1.165, 1.54) is 33.0 Å². The molecule has 1 aliphatic rings. The topological polar surface area (TPSA) is 24.7 Å². The number of nitrogens with zero attached hydrogens (tertiary/aromatic N) is 2. The molecule has 0 aromatic heterocycles. The summed E-state index contributed by atoms with van der Waals surface area (Å²) in [4.78, 5) is 10.4. The Morgan fingerprint density at radius 2 is 0.879 bits per heavy atom. The second-order valence-electron chi connectivity index (χ2n) is 8.16. The normalized spacial score (nSPS) is 14.7. The maximum atomic E-state index is 5.22. The van der Waals surface area contributed by atoms with E-state index in [1.54, 1.807) is 0 Å². The quantitative estimate of drug-likeness (QED) is 0.193. The molecule has 4 aromatic rings. The van der Waals surface area contributed by atoms with E-state index in [4.69, 9.17) is 9.98 Å². The Hall–Kier alpha value is -1.90. The second kappa shape index (κ2) is 10.6. The number of benzene rings is 4. The predicted octanol–water partition coefficient (Wildman–Crippen LogP) is 9.02. The van der Waals surface area contributed by atoms with Crippen LogP contribution in [0.5, 0.6) is 0 Å². The van der Waals surface area contributed by atoms with Gasteiger partial charge in [0.05, 0.1) is 22.8 Å². The van der Waals surface area contributed by atoms with Crippen LogP contribution in [0.2, 0.25) is 0 Å². The summed E-state index contributed by atoms with van der Waals surface area (Å²) in [5.74, 6) is 0. The van der Waals surface area contributed by atoms with Crippen LogP contribution < -0.4 is 0 Å². The average molecular weight is 655 g/mol. The molecule has 0 N–H and O–H groups in total. The number of para-hydroxylation sites is 2. The molecule has 0 saturated heterocycles. The summed E-state index contributed by atoms with van der Waals surface area (Å²) in [6, 6.07) is 25.6. The molecular formula is C28H24Br2N2Pd. The first-order valence-electron chi connectivity index (χ1n) is 10.6. The Kier molecular flexibility index (Phi) is 7.77. The minimum absolute atomic E-state index is 0.575. The molecule has 0 saturated carbocycles. The number of aryl methyl sites for hydroxylation is 4. The summed E-state index contributed by atoms with van der Waals surface area (Å²) in [6.45, 7) is 8.49. The molecule has 170 valence electrons. The molecule has 2 nitrogen and oxygen atoms in total. The molecule has 5 rings (SSSR count). The van der Waals surface area contributed by atoms with Gasteiger partial charge in [-0.15, -0.1) is 0 Å². The van der Waals surface area contributed by atoms with Crippen LogP contribution in [0.4, 0.5) is 11.4 Å². The van der Waals surface area contributed by atoms with E-state index in [0.29, 0.717) is 13.9 Å². The van der Waals surface area contributed by atoms with Gasteiger partial charge < -0.3 is 0 Å². The Labute approximate surface area is 216 Å². The van der Waals surface area contributed by atoms with Crippen molar-refractivity contribution >= 4 is 60.4 Å². The van der Waals surface area contributed by atoms with Crippen LogP contribution in [0, 0.1) is 27.7 Å². The number of halogens is 2. The van der Waals surface area contributed by atoms with Gasteiger partial charge in [0.25, 0.3) is 0 Å². The molecule has 0 bridgehead atoms. The van der Waals surface area contributed by atoms with E-state index in [2.05, 4.69) is 127 Å². The molecule has 0 amide bonds. The fourth-order valence-corrected chi connectivity index (χ4v) is 4.40. The van der Waals surface area contributed by atoms with Crippen molar-refractivity contribution in [1.29, 1.82) is 0 Å². The van der Waals surface area contributed by atoms with Crippen molar-refractivity contribution < 1.29 is 13.9 Å². The molecule has 0 heterocycles. The molecule has 5 heteroatoms. The SMILES string of the molecule is Cc1cccc(C)c1N=C1C(=Nc2c(C)cccc2C)c2cccc3cccc1c23.[Br][Pd][Br]. The van der Waals surface area contributed by atoms with Crippen LogP contribution in [-0.4, -0.2) is 11.4 Å². The fourth-order valence-electron chi connectivity index (χ4n) is 4.40. The van der Waals surface area contributed by atoms with E-state index in [1.807, 2.05) is 0 Å². The van der Waals surface area contributed by atoms with E-state index in [9.17, 15) is 0 Å². The van der Waals surface area contributed by atoms with Gasteiger partial charge in [-0.2, -0.15) is 0 Å². The van der Waals surface area contributed by atoms with Crippen LogP contribution in [-0.2, 0) is 13.9 Å². The molecular weight excluding hydrogens is 631 g/mol. The van der Waals surface area contributed by atoms with Gasteiger partial charge in [-0.25, -0.2) is 9.98 Å². The van der Waals surface area contributed by atoms with Crippen LogP contribution in [0.25, 0.3) is 10.8 Å². The monoisotopic (exact) mass is 652 g/mol. The molecule has 0 unspecified atom stereocenters. The zero-order chi connectivity index (χ0) is 23.5. The second-order valence-corrected chi connectivity index (χ2v) is 15.3. The Morgan fingerprint density at radius 1 is 0.545 bits per heavy atom. The van der Waals surface area contributed by atoms with Crippen LogP contribution in [0.15, 0.2) is 82.8 Å². The number of hydrogen-bond donors (Lipinski definition) is 0. The summed E-state index contributed by atoms with van der Waals surface area (Å²) in [5.41, 5.74) is 11.0. The van der Waals surface area contributed by atoms with Crippen molar-refractivity contribution in [3.05, 3.63) is 106 Å². The Morgan fingerprint density at radius 3 is 1.24 bits per heavy atom. The number of hydrogen-bond acceptors (Lipinski definition) is 2. The van der Waals surface area contributed by atoms with Gasteiger partial charge in [0, 0.05) is 16.5 Å². The van der Waals surface area contributed by atoms with Gasteiger partial charge in [0.1, 0.15) is 0 Å². The van der Waals surface area contributed by atoms with E-state index in [0.717, 1.165) is 33.9 Å². The minimum atomic E-state index is 0.575. The van der Waals surface area contributed by atoms with Crippen molar-refractivity contribution in [1.82, 2.24) is 0 Å². The van der Waals surface area contributed by atoms with Crippen LogP contribution in [0.3, 0.4) is 0 Å². The van der Waals surface area contributed by atoms with Crippen molar-refractivity contribution in [3.8, 4) is 0 Å². The van der Waals surface area contributed by atoms with Crippen LogP contribution >= 0.6 is 26.9 Å². The molecule has 0 radical (unpaired) electrons. The first kappa shape index (κ1) is 24.2. The van der Waals surface area contributed by atoms with Crippen molar-refractivity contribution in [2.24, 2.45) is 9.98 Å². The standard InChI is InChI=1S/C28H24N2.2BrH.Pd/c1-17-9-5-10-18(2)25(17)29-27-22-15-7-13-21-14-8-16-23(24(21)22)28(27)30-26-19(3)11-6-12-20(26)4;;;/h5-16H,1-4H3;2*1H;/q;;;+2/p-2. The zero-order valence-electron chi connectivity index (χ0n) is 18.9. The van der Waals surface area contributed by atoms with Crippen LogP contribution in [0.1, 0.15) is 33.4 Å².